The number of ether oxygens (including phenoxy) is 1. The van der Waals surface area contributed by atoms with E-state index in [1.807, 2.05) is 13.0 Å². The van der Waals surface area contributed by atoms with Gasteiger partial charge in [-0.1, -0.05) is 24.3 Å². The van der Waals surface area contributed by atoms with E-state index in [1.54, 1.807) is 0 Å². The average molecular weight is 367 g/mol. The first kappa shape index (κ1) is 19.6. The Balaban J connectivity index is 2.02. The van der Waals surface area contributed by atoms with E-state index in [0.717, 1.165) is 18.4 Å². The maximum absolute atomic E-state index is 10.8. The molecule has 0 saturated heterocycles. The molecule has 0 unspecified atom stereocenters. The van der Waals surface area contributed by atoms with Crippen molar-refractivity contribution < 1.29 is 14.6 Å². The topological polar surface area (TPSA) is 46.5 Å². The first-order chi connectivity index (χ1) is 12.6. The molecule has 0 aromatic heterocycles. The van der Waals surface area contributed by atoms with Crippen molar-refractivity contribution in [1.82, 2.24) is 0 Å². The van der Waals surface area contributed by atoms with Crippen LogP contribution in [0.4, 0.5) is 0 Å². The zero-order valence-corrected chi connectivity index (χ0v) is 17.1. The predicted octanol–water partition coefficient (Wildman–Crippen LogP) is 6.10. The minimum absolute atomic E-state index is 0.264. The summed E-state index contributed by atoms with van der Waals surface area (Å²) in [6.45, 7) is 10.4. The van der Waals surface area contributed by atoms with Gasteiger partial charge in [0, 0.05) is 6.08 Å². The summed E-state index contributed by atoms with van der Waals surface area (Å²) in [5.41, 5.74) is 6.70. The predicted molar refractivity (Wildman–Crippen MR) is 109 cm³/mol. The molecule has 144 valence electrons. The molecule has 1 aromatic rings. The van der Waals surface area contributed by atoms with Crippen molar-refractivity contribution in [3.05, 3.63) is 64.3 Å². The number of carboxylic acids is 1. The molecule has 3 rings (SSSR count). The molecule has 0 bridgehead atoms. The van der Waals surface area contributed by atoms with Crippen molar-refractivity contribution in [2.45, 2.75) is 71.5 Å². The molecule has 3 heteroatoms. The van der Waals surface area contributed by atoms with E-state index in [9.17, 15) is 4.79 Å². The van der Waals surface area contributed by atoms with Gasteiger partial charge < -0.3 is 9.84 Å². The van der Waals surface area contributed by atoms with Crippen molar-refractivity contribution in [3.63, 3.8) is 0 Å². The lowest BCUT2D eigenvalue weighted by molar-refractivity contribution is -0.131. The van der Waals surface area contributed by atoms with E-state index in [4.69, 9.17) is 9.84 Å². The normalized spacial score (nSPS) is 21.6. The highest BCUT2D eigenvalue weighted by molar-refractivity contribution is 5.81. The summed E-state index contributed by atoms with van der Waals surface area (Å²) >= 11 is 0. The highest BCUT2D eigenvalue weighted by Crippen LogP contribution is 2.48. The molecule has 0 spiro atoms. The summed E-state index contributed by atoms with van der Waals surface area (Å²) < 4.78 is 6.30. The molecule has 0 fully saturated rings. The van der Waals surface area contributed by atoms with Crippen LogP contribution in [0.15, 0.2) is 47.6 Å². The number of benzene rings is 1. The van der Waals surface area contributed by atoms with Gasteiger partial charge in [-0.05, 0) is 99.8 Å². The third-order valence-electron chi connectivity index (χ3n) is 5.58. The molecule has 1 heterocycles. The number of fused-ring (bicyclic) bond motifs is 1. The third kappa shape index (κ3) is 4.08. The number of aliphatic carboxylic acids is 1. The lowest BCUT2D eigenvalue weighted by Crippen LogP contribution is -2.22. The highest BCUT2D eigenvalue weighted by Gasteiger charge is 2.42. The van der Waals surface area contributed by atoms with E-state index < -0.39 is 5.97 Å². The number of carboxylic acid groups (broad SMARTS) is 1. The van der Waals surface area contributed by atoms with Gasteiger partial charge in [0.2, 0.25) is 0 Å². The smallest absolute Gasteiger partial charge is 0.328 e. The van der Waals surface area contributed by atoms with Crippen molar-refractivity contribution in [3.8, 4) is 0 Å². The second-order valence-electron chi connectivity index (χ2n) is 8.65. The van der Waals surface area contributed by atoms with Crippen LogP contribution in [0.2, 0.25) is 0 Å². The molecule has 2 aliphatic rings. The van der Waals surface area contributed by atoms with Crippen molar-refractivity contribution in [2.75, 3.05) is 0 Å². The lowest BCUT2D eigenvalue weighted by atomic mass is 9.83. The van der Waals surface area contributed by atoms with Crippen LogP contribution >= 0.6 is 0 Å². The Morgan fingerprint density at radius 3 is 2.44 bits per heavy atom. The summed E-state index contributed by atoms with van der Waals surface area (Å²) in [5.74, 6) is -0.904. The Hall–Kier alpha value is -2.13. The van der Waals surface area contributed by atoms with Crippen molar-refractivity contribution in [2.24, 2.45) is 0 Å². The van der Waals surface area contributed by atoms with Gasteiger partial charge in [0.15, 0.2) is 0 Å². The van der Waals surface area contributed by atoms with E-state index >= 15 is 0 Å². The summed E-state index contributed by atoms with van der Waals surface area (Å²) in [4.78, 5) is 10.8. The maximum Gasteiger partial charge on any atom is 0.328 e. The van der Waals surface area contributed by atoms with Crippen LogP contribution in [0.25, 0.3) is 5.57 Å². The van der Waals surface area contributed by atoms with Crippen LogP contribution in [0, 0.1) is 0 Å². The third-order valence-corrected chi connectivity index (χ3v) is 5.58. The van der Waals surface area contributed by atoms with Gasteiger partial charge in [-0.2, -0.15) is 0 Å². The number of hydrogen-bond donors (Lipinski definition) is 1. The van der Waals surface area contributed by atoms with Crippen LogP contribution < -0.4 is 0 Å². The molecule has 1 aliphatic heterocycles. The molecule has 27 heavy (non-hydrogen) atoms. The first-order valence-corrected chi connectivity index (χ1v) is 9.77. The van der Waals surface area contributed by atoms with Crippen LogP contribution in [0.3, 0.4) is 0 Å². The van der Waals surface area contributed by atoms with Crippen molar-refractivity contribution in [1.29, 1.82) is 0 Å². The van der Waals surface area contributed by atoms with E-state index in [0.29, 0.717) is 0 Å². The fourth-order valence-corrected chi connectivity index (χ4v) is 4.42. The van der Waals surface area contributed by atoms with Gasteiger partial charge >= 0.3 is 5.97 Å². The second kappa shape index (κ2) is 7.12. The molecule has 1 N–H and O–H groups in total. The minimum atomic E-state index is -0.904. The van der Waals surface area contributed by atoms with E-state index in [2.05, 4.69) is 52.0 Å². The Labute approximate surface area is 162 Å². The molecular formula is C24H30O3. The average Bonchev–Trinajstić information content (AvgIpc) is 2.77. The molecule has 1 aliphatic carbocycles. The highest BCUT2D eigenvalue weighted by atomic mass is 16.5. The standard InChI is InChI=1S/C24H30O3/c1-16(14-22(25)26)10-11-17-8-6-7-9-19(17)18-12-13-20-21(15-18)24(4,5)27-23(20,2)3/h10-15H,6-9H2,1-5H3,(H,25,26). The van der Waals surface area contributed by atoms with E-state index in [-0.39, 0.29) is 11.2 Å². The summed E-state index contributed by atoms with van der Waals surface area (Å²) in [6, 6.07) is 6.75. The van der Waals surface area contributed by atoms with Gasteiger partial charge in [0.1, 0.15) is 0 Å². The molecule has 0 saturated carbocycles. The lowest BCUT2D eigenvalue weighted by Gasteiger charge is -2.24. The number of allylic oxidation sites excluding steroid dienone is 5. The Morgan fingerprint density at radius 1 is 1.07 bits per heavy atom. The zero-order valence-electron chi connectivity index (χ0n) is 17.1. The molecule has 3 nitrogen and oxygen atoms in total. The molecule has 1 aromatic carbocycles. The number of carbonyl (C=O) groups is 1. The minimum Gasteiger partial charge on any atom is -0.478 e. The van der Waals surface area contributed by atoms with Crippen LogP contribution in [0.5, 0.6) is 0 Å². The Morgan fingerprint density at radius 2 is 1.74 bits per heavy atom. The van der Waals surface area contributed by atoms with Crippen LogP contribution in [-0.2, 0) is 20.7 Å². The van der Waals surface area contributed by atoms with Gasteiger partial charge in [-0.3, -0.25) is 0 Å². The fraction of sp³-hybridized carbons (Fsp3) is 0.458. The Kier molecular flexibility index (Phi) is 5.18. The summed E-state index contributed by atoms with van der Waals surface area (Å²) in [6.07, 6.45) is 9.73. The Bertz CT molecular complexity index is 850. The largest absolute Gasteiger partial charge is 0.478 e. The fourth-order valence-electron chi connectivity index (χ4n) is 4.42. The van der Waals surface area contributed by atoms with Gasteiger partial charge in [-0.15, -0.1) is 0 Å². The number of hydrogen-bond acceptors (Lipinski definition) is 2. The maximum atomic E-state index is 10.8. The van der Waals surface area contributed by atoms with Gasteiger partial charge in [0.05, 0.1) is 11.2 Å². The van der Waals surface area contributed by atoms with Crippen LogP contribution in [-0.4, -0.2) is 11.1 Å². The summed E-state index contributed by atoms with van der Waals surface area (Å²) in [5, 5.41) is 8.90. The quantitative estimate of drug-likeness (QED) is 0.517. The number of rotatable bonds is 4. The molecule has 0 radical (unpaired) electrons. The molecular weight excluding hydrogens is 336 g/mol. The zero-order chi connectivity index (χ0) is 19.8. The molecule has 0 atom stereocenters. The first-order valence-electron chi connectivity index (χ1n) is 9.77. The second-order valence-corrected chi connectivity index (χ2v) is 8.65. The molecule has 0 amide bonds. The van der Waals surface area contributed by atoms with Crippen LogP contribution in [0.1, 0.15) is 77.0 Å². The summed E-state index contributed by atoms with van der Waals surface area (Å²) in [7, 11) is 0. The SMILES string of the molecule is CC(C=CC1=C(c2ccc3c(c2)C(C)(C)OC3(C)C)CCCC1)=CC(=O)O. The van der Waals surface area contributed by atoms with Gasteiger partial charge in [0.25, 0.3) is 0 Å². The van der Waals surface area contributed by atoms with E-state index in [1.165, 1.54) is 46.8 Å². The van der Waals surface area contributed by atoms with Crippen molar-refractivity contribution >= 4 is 11.5 Å². The monoisotopic (exact) mass is 366 g/mol. The van der Waals surface area contributed by atoms with Gasteiger partial charge in [-0.25, -0.2) is 4.79 Å².